The number of benzene rings is 1. The van der Waals surface area contributed by atoms with Crippen molar-refractivity contribution in [3.05, 3.63) is 34.9 Å². The maximum atomic E-state index is 13.1. The summed E-state index contributed by atoms with van der Waals surface area (Å²) in [6.45, 7) is 5.84. The van der Waals surface area contributed by atoms with Gasteiger partial charge >= 0.3 is 5.38 Å². The second-order valence-corrected chi connectivity index (χ2v) is 5.87. The molecular formula is C17H22ClF2NO2. The fourth-order valence-corrected chi connectivity index (χ4v) is 2.25. The summed E-state index contributed by atoms with van der Waals surface area (Å²) in [5, 5.41) is 5.91. The molecule has 0 radical (unpaired) electrons. The summed E-state index contributed by atoms with van der Waals surface area (Å²) < 4.78 is 31.4. The Kier molecular flexibility index (Phi) is 7.16. The second kappa shape index (κ2) is 8.41. The van der Waals surface area contributed by atoms with E-state index in [0.717, 1.165) is 12.8 Å². The molecule has 0 bridgehead atoms. The molecule has 1 unspecified atom stereocenters. The highest BCUT2D eigenvalue weighted by Crippen LogP contribution is 2.41. The summed E-state index contributed by atoms with van der Waals surface area (Å²) in [6, 6.07) is 2.92. The zero-order valence-electron chi connectivity index (χ0n) is 13.7. The maximum absolute atomic E-state index is 13.1. The van der Waals surface area contributed by atoms with Crippen LogP contribution < -0.4 is 4.74 Å². The SMILES string of the molecule is CCC/C(C)=C/C=Nc1cc(OC)c(C(O)C(F)(F)Cl)cc1C. The Labute approximate surface area is 140 Å². The highest BCUT2D eigenvalue weighted by Gasteiger charge is 2.38. The van der Waals surface area contributed by atoms with Crippen molar-refractivity contribution in [1.82, 2.24) is 0 Å². The van der Waals surface area contributed by atoms with Gasteiger partial charge in [0.2, 0.25) is 0 Å². The minimum Gasteiger partial charge on any atom is -0.496 e. The summed E-state index contributed by atoms with van der Waals surface area (Å²) in [5.74, 6) is 0.116. The van der Waals surface area contributed by atoms with Gasteiger partial charge in [0.25, 0.3) is 0 Å². The van der Waals surface area contributed by atoms with Crippen molar-refractivity contribution in [2.45, 2.75) is 45.1 Å². The number of alkyl halides is 3. The van der Waals surface area contributed by atoms with E-state index in [0.29, 0.717) is 11.3 Å². The molecule has 0 heterocycles. The number of aryl methyl sites for hydroxylation is 1. The molecule has 0 aliphatic carbocycles. The first-order valence-electron chi connectivity index (χ1n) is 7.33. The number of nitrogens with zero attached hydrogens (tertiary/aromatic N) is 1. The maximum Gasteiger partial charge on any atom is 0.351 e. The zero-order valence-corrected chi connectivity index (χ0v) is 14.5. The Morgan fingerprint density at radius 2 is 2.13 bits per heavy atom. The van der Waals surface area contributed by atoms with Crippen LogP contribution in [-0.4, -0.2) is 23.8 Å². The summed E-state index contributed by atoms with van der Waals surface area (Å²) in [6.07, 6.45) is 3.47. The van der Waals surface area contributed by atoms with Crippen molar-refractivity contribution in [3.8, 4) is 5.75 Å². The van der Waals surface area contributed by atoms with Gasteiger partial charge < -0.3 is 9.84 Å². The van der Waals surface area contributed by atoms with Gasteiger partial charge in [-0.3, -0.25) is 4.99 Å². The first-order chi connectivity index (χ1) is 10.7. The van der Waals surface area contributed by atoms with Gasteiger partial charge in [-0.2, -0.15) is 8.78 Å². The molecule has 1 aromatic rings. The predicted molar refractivity (Wildman–Crippen MR) is 90.3 cm³/mol. The Bertz CT molecular complexity index is 595. The third-order valence-corrected chi connectivity index (χ3v) is 3.58. The topological polar surface area (TPSA) is 41.8 Å². The van der Waals surface area contributed by atoms with E-state index in [-0.39, 0.29) is 11.3 Å². The average molecular weight is 346 g/mol. The van der Waals surface area contributed by atoms with Crippen molar-refractivity contribution in [1.29, 1.82) is 0 Å². The van der Waals surface area contributed by atoms with Crippen LogP contribution in [0.5, 0.6) is 5.75 Å². The van der Waals surface area contributed by atoms with Crippen LogP contribution >= 0.6 is 11.6 Å². The lowest BCUT2D eigenvalue weighted by molar-refractivity contribution is -0.0434. The summed E-state index contributed by atoms with van der Waals surface area (Å²) >= 11 is 4.91. The monoisotopic (exact) mass is 345 g/mol. The second-order valence-electron chi connectivity index (χ2n) is 5.37. The normalized spacial score (nSPS) is 14.3. The molecule has 0 aliphatic heterocycles. The quantitative estimate of drug-likeness (QED) is 0.537. The number of ether oxygens (including phenoxy) is 1. The molecule has 0 aromatic heterocycles. The molecule has 1 aromatic carbocycles. The van der Waals surface area contributed by atoms with Gasteiger partial charge in [0.1, 0.15) is 5.75 Å². The van der Waals surface area contributed by atoms with Gasteiger partial charge in [0.05, 0.1) is 12.8 Å². The smallest absolute Gasteiger partial charge is 0.351 e. The fourth-order valence-electron chi connectivity index (χ4n) is 2.13. The predicted octanol–water partition coefficient (Wildman–Crippen LogP) is 5.32. The Morgan fingerprint density at radius 3 is 2.65 bits per heavy atom. The van der Waals surface area contributed by atoms with Crippen LogP contribution in [0.2, 0.25) is 0 Å². The van der Waals surface area contributed by atoms with E-state index in [1.807, 2.05) is 13.0 Å². The number of aliphatic hydroxyl groups is 1. The van der Waals surface area contributed by atoms with Crippen LogP contribution in [0.3, 0.4) is 0 Å². The molecule has 1 rings (SSSR count). The minimum absolute atomic E-state index is 0.0679. The molecular weight excluding hydrogens is 324 g/mol. The molecule has 23 heavy (non-hydrogen) atoms. The molecule has 6 heteroatoms. The van der Waals surface area contributed by atoms with Crippen LogP contribution in [-0.2, 0) is 0 Å². The number of rotatable bonds is 7. The molecule has 0 aliphatic rings. The number of methoxy groups -OCH3 is 1. The van der Waals surface area contributed by atoms with Gasteiger partial charge in [-0.15, -0.1) is 0 Å². The van der Waals surface area contributed by atoms with E-state index in [1.165, 1.54) is 24.8 Å². The van der Waals surface area contributed by atoms with E-state index in [9.17, 15) is 13.9 Å². The minimum atomic E-state index is -3.77. The van der Waals surface area contributed by atoms with E-state index in [1.54, 1.807) is 13.1 Å². The van der Waals surface area contributed by atoms with Crippen LogP contribution in [0.15, 0.2) is 28.8 Å². The van der Waals surface area contributed by atoms with Crippen molar-refractivity contribution < 1.29 is 18.6 Å². The summed E-state index contributed by atoms with van der Waals surface area (Å²) in [5.41, 5.74) is 2.35. The fraction of sp³-hybridized carbons (Fsp3) is 0.471. The zero-order chi connectivity index (χ0) is 17.6. The number of hydrogen-bond donors (Lipinski definition) is 1. The molecule has 3 nitrogen and oxygen atoms in total. The van der Waals surface area contributed by atoms with E-state index < -0.39 is 11.5 Å². The van der Waals surface area contributed by atoms with Crippen LogP contribution in [0, 0.1) is 6.92 Å². The Morgan fingerprint density at radius 1 is 1.48 bits per heavy atom. The lowest BCUT2D eigenvalue weighted by atomic mass is 10.0. The van der Waals surface area contributed by atoms with Crippen molar-refractivity contribution >= 4 is 23.5 Å². The van der Waals surface area contributed by atoms with Gasteiger partial charge in [-0.05, 0) is 49.6 Å². The third-order valence-electron chi connectivity index (χ3n) is 3.37. The first-order valence-corrected chi connectivity index (χ1v) is 7.71. The van der Waals surface area contributed by atoms with E-state index >= 15 is 0 Å². The summed E-state index contributed by atoms with van der Waals surface area (Å²) in [7, 11) is 1.34. The molecule has 0 saturated heterocycles. The standard InChI is InChI=1S/C17H22ClF2NO2/c1-5-6-11(2)7-8-21-14-10-15(23-4)13(9-12(14)3)16(22)17(18,19)20/h7-10,16,22H,5-6H2,1-4H3/b11-7+,21-8?. The number of hydrogen-bond acceptors (Lipinski definition) is 3. The number of aliphatic imine (C=N–C) groups is 1. The lowest BCUT2D eigenvalue weighted by Crippen LogP contribution is -2.19. The lowest BCUT2D eigenvalue weighted by Gasteiger charge is -2.20. The molecule has 0 amide bonds. The van der Waals surface area contributed by atoms with Gasteiger partial charge in [-0.25, -0.2) is 0 Å². The number of allylic oxidation sites excluding steroid dienone is 2. The Hall–Kier alpha value is -1.46. The van der Waals surface area contributed by atoms with Crippen molar-refractivity contribution in [2.24, 2.45) is 4.99 Å². The van der Waals surface area contributed by atoms with Gasteiger partial charge in [0.15, 0.2) is 6.10 Å². The largest absolute Gasteiger partial charge is 0.496 e. The number of halogens is 3. The summed E-state index contributed by atoms with van der Waals surface area (Å²) in [4.78, 5) is 4.32. The van der Waals surface area contributed by atoms with Crippen molar-refractivity contribution in [3.63, 3.8) is 0 Å². The van der Waals surface area contributed by atoms with Gasteiger partial charge in [-0.1, -0.05) is 18.9 Å². The Balaban J connectivity index is 3.15. The van der Waals surface area contributed by atoms with Crippen molar-refractivity contribution in [2.75, 3.05) is 7.11 Å². The molecule has 0 spiro atoms. The average Bonchev–Trinajstić information content (AvgIpc) is 2.47. The number of aliphatic hydroxyl groups excluding tert-OH is 1. The molecule has 1 atom stereocenters. The molecule has 0 fully saturated rings. The van der Waals surface area contributed by atoms with E-state index in [4.69, 9.17) is 16.3 Å². The van der Waals surface area contributed by atoms with Crippen LogP contribution in [0.25, 0.3) is 0 Å². The van der Waals surface area contributed by atoms with E-state index in [2.05, 4.69) is 11.9 Å². The molecule has 1 N–H and O–H groups in total. The van der Waals surface area contributed by atoms with Crippen LogP contribution in [0.4, 0.5) is 14.5 Å². The molecule has 0 saturated carbocycles. The highest BCUT2D eigenvalue weighted by molar-refractivity contribution is 6.22. The highest BCUT2D eigenvalue weighted by atomic mass is 35.5. The van der Waals surface area contributed by atoms with Gasteiger partial charge in [0, 0.05) is 17.8 Å². The third kappa shape index (κ3) is 5.59. The first kappa shape index (κ1) is 19.6. The van der Waals surface area contributed by atoms with Crippen LogP contribution in [0.1, 0.15) is 43.9 Å². The molecule has 128 valence electrons.